The Labute approximate surface area is 129 Å². The van der Waals surface area contributed by atoms with Crippen LogP contribution in [0.3, 0.4) is 0 Å². The first-order chi connectivity index (χ1) is 10.6. The molecule has 0 aromatic heterocycles. The zero-order valence-corrected chi connectivity index (χ0v) is 12.6. The third-order valence-corrected chi connectivity index (χ3v) is 3.65. The quantitative estimate of drug-likeness (QED) is 0.903. The molecule has 1 unspecified atom stereocenters. The molecule has 2 rings (SSSR count). The summed E-state index contributed by atoms with van der Waals surface area (Å²) in [6.45, 7) is 2.81. The summed E-state index contributed by atoms with van der Waals surface area (Å²) < 4.78 is 10.7. The Bertz CT molecular complexity index is 497. The fourth-order valence-electron chi connectivity index (χ4n) is 2.33. The molecule has 6 heteroatoms. The molecule has 0 radical (unpaired) electrons. The zero-order chi connectivity index (χ0) is 15.9. The SMILES string of the molecule is CC(OC1CCN(C(=O)OCc2ccccc2)CC1)C(=O)O. The number of hydrogen-bond acceptors (Lipinski definition) is 4. The van der Waals surface area contributed by atoms with Crippen molar-refractivity contribution in [1.29, 1.82) is 0 Å². The number of piperidine rings is 1. The monoisotopic (exact) mass is 307 g/mol. The van der Waals surface area contributed by atoms with Gasteiger partial charge in [0.05, 0.1) is 6.10 Å². The molecule has 0 aliphatic carbocycles. The van der Waals surface area contributed by atoms with E-state index in [4.69, 9.17) is 14.6 Å². The van der Waals surface area contributed by atoms with Gasteiger partial charge in [-0.2, -0.15) is 0 Å². The van der Waals surface area contributed by atoms with Gasteiger partial charge in [0.1, 0.15) is 6.61 Å². The first-order valence-electron chi connectivity index (χ1n) is 7.40. The Morgan fingerprint density at radius 3 is 2.50 bits per heavy atom. The van der Waals surface area contributed by atoms with Crippen LogP contribution >= 0.6 is 0 Å². The van der Waals surface area contributed by atoms with Gasteiger partial charge >= 0.3 is 12.1 Å². The Morgan fingerprint density at radius 2 is 1.91 bits per heavy atom. The summed E-state index contributed by atoms with van der Waals surface area (Å²) in [6, 6.07) is 9.51. The number of carboxylic acids is 1. The molecule has 0 spiro atoms. The van der Waals surface area contributed by atoms with E-state index >= 15 is 0 Å². The van der Waals surface area contributed by atoms with Gasteiger partial charge in [-0.05, 0) is 25.3 Å². The van der Waals surface area contributed by atoms with Crippen molar-refractivity contribution in [2.24, 2.45) is 0 Å². The molecule has 120 valence electrons. The Kier molecular flexibility index (Phi) is 5.77. The molecule has 1 saturated heterocycles. The van der Waals surface area contributed by atoms with E-state index in [1.54, 1.807) is 4.90 Å². The van der Waals surface area contributed by atoms with Crippen molar-refractivity contribution in [1.82, 2.24) is 4.90 Å². The van der Waals surface area contributed by atoms with Crippen LogP contribution in [0.4, 0.5) is 4.79 Å². The zero-order valence-electron chi connectivity index (χ0n) is 12.6. The van der Waals surface area contributed by atoms with Crippen LogP contribution in [-0.2, 0) is 20.9 Å². The highest BCUT2D eigenvalue weighted by atomic mass is 16.6. The Balaban J connectivity index is 1.72. The molecule has 1 aromatic carbocycles. The van der Waals surface area contributed by atoms with E-state index < -0.39 is 12.1 Å². The van der Waals surface area contributed by atoms with Gasteiger partial charge in [0.15, 0.2) is 6.10 Å². The van der Waals surface area contributed by atoms with Gasteiger partial charge in [-0.25, -0.2) is 9.59 Å². The maximum Gasteiger partial charge on any atom is 0.410 e. The molecule has 22 heavy (non-hydrogen) atoms. The number of ether oxygens (including phenoxy) is 2. The first-order valence-corrected chi connectivity index (χ1v) is 7.40. The molecule has 1 atom stereocenters. The lowest BCUT2D eigenvalue weighted by atomic mass is 10.1. The number of benzene rings is 1. The highest BCUT2D eigenvalue weighted by Crippen LogP contribution is 2.16. The fraction of sp³-hybridized carbons (Fsp3) is 0.500. The number of likely N-dealkylation sites (tertiary alicyclic amines) is 1. The second kappa shape index (κ2) is 7.79. The molecule has 1 heterocycles. The molecule has 1 aliphatic rings. The van der Waals surface area contributed by atoms with Crippen molar-refractivity contribution in [3.63, 3.8) is 0 Å². The van der Waals surface area contributed by atoms with E-state index in [1.807, 2.05) is 30.3 Å². The number of carbonyl (C=O) groups excluding carboxylic acids is 1. The topological polar surface area (TPSA) is 76.1 Å². The first kappa shape index (κ1) is 16.3. The van der Waals surface area contributed by atoms with Gasteiger partial charge in [-0.3, -0.25) is 0 Å². The van der Waals surface area contributed by atoms with Gasteiger partial charge in [-0.15, -0.1) is 0 Å². The van der Waals surface area contributed by atoms with E-state index in [0.717, 1.165) is 5.56 Å². The summed E-state index contributed by atoms with van der Waals surface area (Å²) >= 11 is 0. The van der Waals surface area contributed by atoms with Gasteiger partial charge < -0.3 is 19.5 Å². The largest absolute Gasteiger partial charge is 0.479 e. The van der Waals surface area contributed by atoms with Gasteiger partial charge in [0, 0.05) is 13.1 Å². The average molecular weight is 307 g/mol. The second-order valence-corrected chi connectivity index (χ2v) is 5.34. The van der Waals surface area contributed by atoms with Crippen LogP contribution in [-0.4, -0.2) is 47.4 Å². The minimum absolute atomic E-state index is 0.121. The smallest absolute Gasteiger partial charge is 0.410 e. The van der Waals surface area contributed by atoms with Crippen molar-refractivity contribution in [3.05, 3.63) is 35.9 Å². The maximum atomic E-state index is 12.0. The molecular weight excluding hydrogens is 286 g/mol. The lowest BCUT2D eigenvalue weighted by Gasteiger charge is -2.32. The summed E-state index contributed by atoms with van der Waals surface area (Å²) in [5, 5.41) is 8.82. The Morgan fingerprint density at radius 1 is 1.27 bits per heavy atom. The lowest BCUT2D eigenvalue weighted by molar-refractivity contribution is -0.154. The molecular formula is C16H21NO5. The van der Waals surface area contributed by atoms with Crippen molar-refractivity contribution in [3.8, 4) is 0 Å². The third-order valence-electron chi connectivity index (χ3n) is 3.65. The number of carboxylic acid groups (broad SMARTS) is 1. The summed E-state index contributed by atoms with van der Waals surface area (Å²) in [5.74, 6) is -0.968. The van der Waals surface area contributed by atoms with E-state index in [0.29, 0.717) is 25.9 Å². The Hall–Kier alpha value is -2.08. The lowest BCUT2D eigenvalue weighted by Crippen LogP contribution is -2.42. The van der Waals surface area contributed by atoms with Gasteiger partial charge in [0.2, 0.25) is 0 Å². The number of amides is 1. The van der Waals surface area contributed by atoms with Crippen LogP contribution in [0.1, 0.15) is 25.3 Å². The van der Waals surface area contributed by atoms with E-state index in [-0.39, 0.29) is 18.8 Å². The molecule has 0 bridgehead atoms. The fourth-order valence-corrected chi connectivity index (χ4v) is 2.33. The summed E-state index contributed by atoms with van der Waals surface area (Å²) in [7, 11) is 0. The van der Waals surface area contributed by atoms with E-state index in [9.17, 15) is 9.59 Å². The van der Waals surface area contributed by atoms with Crippen LogP contribution in [0.5, 0.6) is 0 Å². The number of carbonyl (C=O) groups is 2. The molecule has 1 aromatic rings. The number of aliphatic carboxylic acids is 1. The summed E-state index contributed by atoms with van der Waals surface area (Å²) in [4.78, 5) is 24.4. The second-order valence-electron chi connectivity index (χ2n) is 5.34. The summed E-state index contributed by atoms with van der Waals surface area (Å²) in [5.41, 5.74) is 0.948. The van der Waals surface area contributed by atoms with Crippen LogP contribution in [0.2, 0.25) is 0 Å². The van der Waals surface area contributed by atoms with Crippen LogP contribution in [0.25, 0.3) is 0 Å². The average Bonchev–Trinajstić information content (AvgIpc) is 2.54. The van der Waals surface area contributed by atoms with Gasteiger partial charge in [0.25, 0.3) is 0 Å². The maximum absolute atomic E-state index is 12.0. The number of hydrogen-bond donors (Lipinski definition) is 1. The molecule has 1 fully saturated rings. The molecule has 1 aliphatic heterocycles. The minimum Gasteiger partial charge on any atom is -0.479 e. The molecule has 6 nitrogen and oxygen atoms in total. The standard InChI is InChI=1S/C16H21NO5/c1-12(15(18)19)22-14-7-9-17(10-8-14)16(20)21-11-13-5-3-2-4-6-13/h2-6,12,14H,7-11H2,1H3,(H,18,19). The van der Waals surface area contributed by atoms with Crippen molar-refractivity contribution in [2.75, 3.05) is 13.1 Å². The number of nitrogens with zero attached hydrogens (tertiary/aromatic N) is 1. The van der Waals surface area contributed by atoms with E-state index in [1.165, 1.54) is 6.92 Å². The molecule has 1 N–H and O–H groups in total. The molecule has 1 amide bonds. The van der Waals surface area contributed by atoms with Crippen molar-refractivity contribution >= 4 is 12.1 Å². The normalized spacial score (nSPS) is 17.0. The predicted octanol–water partition coefficient (Wildman–Crippen LogP) is 2.28. The predicted molar refractivity (Wildman–Crippen MR) is 79.4 cm³/mol. The number of rotatable bonds is 5. The van der Waals surface area contributed by atoms with Crippen LogP contribution in [0.15, 0.2) is 30.3 Å². The van der Waals surface area contributed by atoms with Crippen molar-refractivity contribution in [2.45, 2.75) is 38.6 Å². The van der Waals surface area contributed by atoms with Crippen LogP contribution in [0, 0.1) is 0 Å². The molecule has 0 saturated carbocycles. The minimum atomic E-state index is -0.968. The van der Waals surface area contributed by atoms with Crippen LogP contribution < -0.4 is 0 Å². The highest BCUT2D eigenvalue weighted by molar-refractivity contribution is 5.71. The van der Waals surface area contributed by atoms with E-state index in [2.05, 4.69) is 0 Å². The third kappa shape index (κ3) is 4.73. The highest BCUT2D eigenvalue weighted by Gasteiger charge is 2.26. The van der Waals surface area contributed by atoms with Gasteiger partial charge in [-0.1, -0.05) is 30.3 Å². The summed E-state index contributed by atoms with van der Waals surface area (Å²) in [6.07, 6.45) is -0.0321. The van der Waals surface area contributed by atoms with Crippen molar-refractivity contribution < 1.29 is 24.2 Å².